The van der Waals surface area contributed by atoms with E-state index in [0.717, 1.165) is 56.7 Å². The van der Waals surface area contributed by atoms with E-state index in [-0.39, 0.29) is 12.0 Å². The Hall–Kier alpha value is -1.60. The Kier molecular flexibility index (Phi) is 6.19. The van der Waals surface area contributed by atoms with E-state index in [0.29, 0.717) is 26.1 Å². The molecular formula is C19H25F3N2O2. The molecule has 3 rings (SSSR count). The minimum Gasteiger partial charge on any atom is -0.378 e. The third-order valence-electron chi connectivity index (χ3n) is 5.12. The summed E-state index contributed by atoms with van der Waals surface area (Å²) in [7, 11) is 0. The average Bonchev–Trinajstić information content (AvgIpc) is 3.13. The molecule has 2 aliphatic heterocycles. The van der Waals surface area contributed by atoms with Crippen LogP contribution in [0.1, 0.15) is 36.8 Å². The highest BCUT2D eigenvalue weighted by molar-refractivity contribution is 5.76. The summed E-state index contributed by atoms with van der Waals surface area (Å²) < 4.78 is 43.4. The Morgan fingerprint density at radius 1 is 1.12 bits per heavy atom. The van der Waals surface area contributed by atoms with Crippen LogP contribution in [-0.4, -0.2) is 54.6 Å². The van der Waals surface area contributed by atoms with E-state index >= 15 is 0 Å². The molecule has 0 radical (unpaired) electrons. The molecule has 2 fully saturated rings. The molecule has 0 N–H and O–H groups in total. The summed E-state index contributed by atoms with van der Waals surface area (Å²) in [6.45, 7) is 4.24. The van der Waals surface area contributed by atoms with E-state index in [1.54, 1.807) is 0 Å². The highest BCUT2D eigenvalue weighted by Gasteiger charge is 2.30. The van der Waals surface area contributed by atoms with Crippen LogP contribution in [0.5, 0.6) is 0 Å². The van der Waals surface area contributed by atoms with Gasteiger partial charge in [0.15, 0.2) is 0 Å². The van der Waals surface area contributed by atoms with E-state index in [2.05, 4.69) is 4.90 Å². The highest BCUT2D eigenvalue weighted by atomic mass is 19.4. The summed E-state index contributed by atoms with van der Waals surface area (Å²) in [5, 5.41) is 0. The van der Waals surface area contributed by atoms with Gasteiger partial charge in [-0.25, -0.2) is 0 Å². The smallest absolute Gasteiger partial charge is 0.378 e. The zero-order valence-corrected chi connectivity index (χ0v) is 14.8. The predicted octanol–water partition coefficient (Wildman–Crippen LogP) is 3.31. The number of carbonyl (C=O) groups is 1. The first-order chi connectivity index (χ1) is 12.4. The number of hydrogen-bond acceptors (Lipinski definition) is 3. The van der Waals surface area contributed by atoms with E-state index < -0.39 is 11.7 Å². The lowest BCUT2D eigenvalue weighted by atomic mass is 10.1. The lowest BCUT2D eigenvalue weighted by molar-refractivity contribution is -0.137. The number of alkyl halides is 3. The molecule has 0 aromatic heterocycles. The lowest BCUT2D eigenvalue weighted by Gasteiger charge is -2.35. The van der Waals surface area contributed by atoms with Crippen LogP contribution in [0, 0.1) is 0 Å². The van der Waals surface area contributed by atoms with Crippen molar-refractivity contribution in [3.8, 4) is 0 Å². The lowest BCUT2D eigenvalue weighted by Crippen LogP contribution is -2.48. The number of carbonyl (C=O) groups excluding carboxylic acids is 1. The van der Waals surface area contributed by atoms with E-state index in [1.807, 2.05) is 4.90 Å². The first-order valence-electron chi connectivity index (χ1n) is 9.20. The average molecular weight is 370 g/mol. The van der Waals surface area contributed by atoms with Gasteiger partial charge in [0.05, 0.1) is 11.7 Å². The number of piperazine rings is 1. The standard InChI is InChI=1S/C19H25F3N2O2/c20-19(21,22)16-5-3-15(4-6-16)14-23-9-11-24(12-10-23)18(25)8-7-17-2-1-13-26-17/h3-6,17H,1-2,7-14H2. The van der Waals surface area contributed by atoms with Crippen molar-refractivity contribution >= 4 is 5.91 Å². The fraction of sp³-hybridized carbons (Fsp3) is 0.632. The van der Waals surface area contributed by atoms with Crippen LogP contribution in [0.2, 0.25) is 0 Å². The summed E-state index contributed by atoms with van der Waals surface area (Å²) in [4.78, 5) is 16.4. The van der Waals surface area contributed by atoms with Crippen LogP contribution < -0.4 is 0 Å². The molecule has 1 aromatic rings. The van der Waals surface area contributed by atoms with Gasteiger partial charge in [-0.2, -0.15) is 13.2 Å². The van der Waals surface area contributed by atoms with Crippen LogP contribution in [-0.2, 0) is 22.3 Å². The summed E-state index contributed by atoms with van der Waals surface area (Å²) in [5.74, 6) is 0.176. The fourth-order valence-electron chi connectivity index (χ4n) is 3.53. The molecule has 0 aliphatic carbocycles. The molecule has 1 atom stereocenters. The van der Waals surface area contributed by atoms with Gasteiger partial charge in [-0.15, -0.1) is 0 Å². The van der Waals surface area contributed by atoms with Gasteiger partial charge in [0.25, 0.3) is 0 Å². The van der Waals surface area contributed by atoms with Crippen molar-refractivity contribution in [3.63, 3.8) is 0 Å². The van der Waals surface area contributed by atoms with Gasteiger partial charge < -0.3 is 9.64 Å². The van der Waals surface area contributed by atoms with E-state index in [1.165, 1.54) is 12.1 Å². The van der Waals surface area contributed by atoms with Crippen molar-refractivity contribution in [3.05, 3.63) is 35.4 Å². The molecule has 2 saturated heterocycles. The summed E-state index contributed by atoms with van der Waals surface area (Å²) in [5.41, 5.74) is 0.235. The number of nitrogens with zero attached hydrogens (tertiary/aromatic N) is 2. The van der Waals surface area contributed by atoms with Crippen molar-refractivity contribution in [2.75, 3.05) is 32.8 Å². The second-order valence-corrected chi connectivity index (χ2v) is 7.03. The number of amides is 1. The van der Waals surface area contributed by atoms with Crippen LogP contribution >= 0.6 is 0 Å². The first kappa shape index (κ1) is 19.2. The maximum atomic E-state index is 12.6. The van der Waals surface area contributed by atoms with Crippen molar-refractivity contribution in [2.24, 2.45) is 0 Å². The Labute approximate surface area is 151 Å². The number of rotatable bonds is 5. The second kappa shape index (κ2) is 8.39. The molecule has 26 heavy (non-hydrogen) atoms. The summed E-state index contributed by atoms with van der Waals surface area (Å²) in [6, 6.07) is 5.31. The van der Waals surface area contributed by atoms with Gasteiger partial charge >= 0.3 is 6.18 Å². The molecule has 1 aromatic carbocycles. The number of hydrogen-bond donors (Lipinski definition) is 0. The van der Waals surface area contributed by atoms with Crippen molar-refractivity contribution < 1.29 is 22.7 Å². The molecule has 4 nitrogen and oxygen atoms in total. The molecule has 1 amide bonds. The maximum absolute atomic E-state index is 12.6. The fourth-order valence-corrected chi connectivity index (χ4v) is 3.53. The maximum Gasteiger partial charge on any atom is 0.416 e. The normalized spacial score (nSPS) is 22.0. The molecule has 0 saturated carbocycles. The molecule has 2 heterocycles. The number of benzene rings is 1. The minimum atomic E-state index is -4.30. The summed E-state index contributed by atoms with van der Waals surface area (Å²) >= 11 is 0. The monoisotopic (exact) mass is 370 g/mol. The first-order valence-corrected chi connectivity index (χ1v) is 9.20. The second-order valence-electron chi connectivity index (χ2n) is 7.03. The van der Waals surface area contributed by atoms with Gasteiger partial charge in [-0.3, -0.25) is 9.69 Å². The van der Waals surface area contributed by atoms with Crippen molar-refractivity contribution in [1.82, 2.24) is 9.80 Å². The number of ether oxygens (including phenoxy) is 1. The number of halogens is 3. The van der Waals surface area contributed by atoms with Gasteiger partial charge in [-0.05, 0) is 37.0 Å². The minimum absolute atomic E-state index is 0.176. The quantitative estimate of drug-likeness (QED) is 0.797. The van der Waals surface area contributed by atoms with Crippen LogP contribution in [0.4, 0.5) is 13.2 Å². The molecule has 1 unspecified atom stereocenters. The third-order valence-corrected chi connectivity index (χ3v) is 5.12. The Morgan fingerprint density at radius 3 is 2.38 bits per heavy atom. The van der Waals surface area contributed by atoms with E-state index in [9.17, 15) is 18.0 Å². The highest BCUT2D eigenvalue weighted by Crippen LogP contribution is 2.29. The molecule has 2 aliphatic rings. The van der Waals surface area contributed by atoms with Gasteiger partial charge in [0.1, 0.15) is 0 Å². The Morgan fingerprint density at radius 2 is 1.81 bits per heavy atom. The Bertz CT molecular complexity index is 590. The topological polar surface area (TPSA) is 32.8 Å². The van der Waals surface area contributed by atoms with Gasteiger partial charge in [0, 0.05) is 45.8 Å². The predicted molar refractivity (Wildman–Crippen MR) is 91.5 cm³/mol. The third kappa shape index (κ3) is 5.20. The van der Waals surface area contributed by atoms with Gasteiger partial charge in [0.2, 0.25) is 5.91 Å². The van der Waals surface area contributed by atoms with Crippen LogP contribution in [0.3, 0.4) is 0 Å². The molecule has 144 valence electrons. The largest absolute Gasteiger partial charge is 0.416 e. The molecule has 0 bridgehead atoms. The zero-order chi connectivity index (χ0) is 18.6. The van der Waals surface area contributed by atoms with Gasteiger partial charge in [-0.1, -0.05) is 12.1 Å². The van der Waals surface area contributed by atoms with Crippen LogP contribution in [0.15, 0.2) is 24.3 Å². The van der Waals surface area contributed by atoms with Crippen molar-refractivity contribution in [1.29, 1.82) is 0 Å². The SMILES string of the molecule is O=C(CCC1CCCO1)N1CCN(Cc2ccc(C(F)(F)F)cc2)CC1. The van der Waals surface area contributed by atoms with E-state index in [4.69, 9.17) is 4.74 Å². The molecular weight excluding hydrogens is 345 g/mol. The molecule has 0 spiro atoms. The van der Waals surface area contributed by atoms with Crippen molar-refractivity contribution in [2.45, 2.75) is 44.5 Å². The molecule has 7 heteroatoms. The zero-order valence-electron chi connectivity index (χ0n) is 14.8. The Balaban J connectivity index is 1.41. The summed E-state index contributed by atoms with van der Waals surface area (Å²) in [6.07, 6.45) is -0.599. The van der Waals surface area contributed by atoms with Crippen LogP contribution in [0.25, 0.3) is 0 Å².